The highest BCUT2D eigenvalue weighted by Crippen LogP contribution is 2.29. The van der Waals surface area contributed by atoms with E-state index in [9.17, 15) is 10.2 Å². The van der Waals surface area contributed by atoms with Crippen LogP contribution in [-0.4, -0.2) is 19.8 Å². The van der Waals surface area contributed by atoms with Crippen LogP contribution in [0.15, 0.2) is 18.5 Å². The molecule has 0 atom stereocenters. The quantitative estimate of drug-likeness (QED) is 0.692. The highest BCUT2D eigenvalue weighted by Gasteiger charge is 2.08. The molecule has 1 aromatic heterocycles. The maximum Gasteiger partial charge on any atom is 0.143 e. The normalized spacial score (nSPS) is 9.92. The summed E-state index contributed by atoms with van der Waals surface area (Å²) < 4.78 is 1.66. The zero-order valence-corrected chi connectivity index (χ0v) is 8.64. The van der Waals surface area contributed by atoms with Gasteiger partial charge in [-0.25, -0.2) is 4.98 Å². The molecule has 13 heavy (non-hydrogen) atoms. The van der Waals surface area contributed by atoms with Crippen LogP contribution < -0.4 is 0 Å². The van der Waals surface area contributed by atoms with Crippen molar-refractivity contribution in [3.05, 3.63) is 18.5 Å². The summed E-state index contributed by atoms with van der Waals surface area (Å²) in [6, 6.07) is 2.87. The molecule has 2 rings (SSSR count). The fourth-order valence-corrected chi connectivity index (χ4v) is 1.24. The fraction of sp³-hybridized carbons (Fsp3) is 0.125. The van der Waals surface area contributed by atoms with E-state index in [1.165, 1.54) is 12.1 Å². The molecule has 2 aromatic rings. The third kappa shape index (κ3) is 1.35. The highest BCUT2D eigenvalue weighted by atomic mass is 79.9. The van der Waals surface area contributed by atoms with Gasteiger partial charge in [-0.05, 0) is 12.1 Å². The van der Waals surface area contributed by atoms with Crippen LogP contribution in [-0.2, 0) is 7.05 Å². The Morgan fingerprint density at radius 2 is 1.85 bits per heavy atom. The minimum atomic E-state index is 0. The molecule has 0 aliphatic heterocycles. The van der Waals surface area contributed by atoms with Gasteiger partial charge in [0.2, 0.25) is 0 Å². The lowest BCUT2D eigenvalue weighted by Crippen LogP contribution is -1.83. The van der Waals surface area contributed by atoms with Crippen LogP contribution in [0, 0.1) is 0 Å². The second kappa shape index (κ2) is 3.26. The summed E-state index contributed by atoms with van der Waals surface area (Å²) in [5, 5.41) is 18.7. The zero-order valence-electron chi connectivity index (χ0n) is 6.93. The lowest BCUT2D eigenvalue weighted by atomic mass is 10.2. The summed E-state index contributed by atoms with van der Waals surface area (Å²) in [6.07, 6.45) is 1.55. The number of phenols is 2. The minimum absolute atomic E-state index is 0. The molecule has 0 saturated heterocycles. The van der Waals surface area contributed by atoms with E-state index in [1.807, 2.05) is 0 Å². The van der Waals surface area contributed by atoms with Crippen molar-refractivity contribution in [1.29, 1.82) is 0 Å². The molecule has 0 aliphatic carbocycles. The number of aromatic hydroxyl groups is 2. The molecule has 0 amide bonds. The molecule has 70 valence electrons. The van der Waals surface area contributed by atoms with E-state index in [0.717, 1.165) is 0 Å². The van der Waals surface area contributed by atoms with Crippen molar-refractivity contribution in [2.75, 3.05) is 0 Å². The second-order valence-electron chi connectivity index (χ2n) is 2.66. The summed E-state index contributed by atoms with van der Waals surface area (Å²) in [5.41, 5.74) is 0.979. The van der Waals surface area contributed by atoms with E-state index in [1.54, 1.807) is 17.9 Å². The Morgan fingerprint density at radius 1 is 1.23 bits per heavy atom. The molecule has 0 unspecified atom stereocenters. The molecule has 4 nitrogen and oxygen atoms in total. The maximum absolute atomic E-state index is 9.39. The predicted molar refractivity (Wildman–Crippen MR) is 54.4 cm³/mol. The maximum atomic E-state index is 9.39. The third-order valence-corrected chi connectivity index (χ3v) is 1.82. The number of imidazole rings is 1. The Labute approximate surface area is 85.2 Å². The van der Waals surface area contributed by atoms with Crippen molar-refractivity contribution in [1.82, 2.24) is 9.55 Å². The number of hydrogen-bond donors (Lipinski definition) is 2. The molecular formula is C8H9BrN2O2. The average molecular weight is 245 g/mol. The number of phenolic OH excluding ortho intramolecular Hbond substituents is 2. The van der Waals surface area contributed by atoms with Gasteiger partial charge in [0.1, 0.15) is 22.5 Å². The number of halogens is 1. The van der Waals surface area contributed by atoms with Crippen LogP contribution in [0.3, 0.4) is 0 Å². The van der Waals surface area contributed by atoms with Crippen molar-refractivity contribution >= 4 is 28.0 Å². The number of hydrogen-bond acceptors (Lipinski definition) is 3. The predicted octanol–water partition coefficient (Wildman–Crippen LogP) is 1.56. The first-order chi connectivity index (χ1) is 5.70. The first-order valence-electron chi connectivity index (χ1n) is 3.52. The molecule has 0 bridgehead atoms. The average Bonchev–Trinajstić information content (AvgIpc) is 2.42. The van der Waals surface area contributed by atoms with Gasteiger partial charge < -0.3 is 14.8 Å². The van der Waals surface area contributed by atoms with E-state index >= 15 is 0 Å². The van der Waals surface area contributed by atoms with Crippen LogP contribution in [0.4, 0.5) is 0 Å². The lowest BCUT2D eigenvalue weighted by molar-refractivity contribution is 0.467. The summed E-state index contributed by atoms with van der Waals surface area (Å²) in [4.78, 5) is 3.93. The van der Waals surface area contributed by atoms with E-state index in [4.69, 9.17) is 0 Å². The zero-order chi connectivity index (χ0) is 8.72. The van der Waals surface area contributed by atoms with Gasteiger partial charge in [0.25, 0.3) is 0 Å². The Balaban J connectivity index is 0.000000845. The molecule has 0 spiro atoms. The summed E-state index contributed by atoms with van der Waals surface area (Å²) in [7, 11) is 1.76. The van der Waals surface area contributed by atoms with Crippen LogP contribution in [0.2, 0.25) is 0 Å². The van der Waals surface area contributed by atoms with Gasteiger partial charge in [-0.2, -0.15) is 0 Å². The monoisotopic (exact) mass is 244 g/mol. The molecule has 0 saturated carbocycles. The van der Waals surface area contributed by atoms with Crippen LogP contribution in [0.5, 0.6) is 11.5 Å². The molecule has 5 heteroatoms. The highest BCUT2D eigenvalue weighted by molar-refractivity contribution is 8.93. The summed E-state index contributed by atoms with van der Waals surface area (Å²) >= 11 is 0. The number of rotatable bonds is 0. The standard InChI is InChI=1S/C8H8N2O2.BrH/c1-10-4-9-7-5(11)2-3-6(12)8(7)10;/h2-4,11-12H,1H3;1H. The Bertz CT molecular complexity index is 439. The van der Waals surface area contributed by atoms with Gasteiger partial charge in [0.05, 0.1) is 6.33 Å². The molecular weight excluding hydrogens is 236 g/mol. The van der Waals surface area contributed by atoms with E-state index < -0.39 is 0 Å². The smallest absolute Gasteiger partial charge is 0.143 e. The van der Waals surface area contributed by atoms with Crippen molar-refractivity contribution < 1.29 is 10.2 Å². The van der Waals surface area contributed by atoms with Gasteiger partial charge >= 0.3 is 0 Å². The van der Waals surface area contributed by atoms with Crippen molar-refractivity contribution in [3.63, 3.8) is 0 Å². The minimum Gasteiger partial charge on any atom is -0.506 e. The Morgan fingerprint density at radius 3 is 2.46 bits per heavy atom. The molecule has 1 heterocycles. The number of aryl methyl sites for hydroxylation is 1. The number of fused-ring (bicyclic) bond motifs is 1. The topological polar surface area (TPSA) is 58.3 Å². The van der Waals surface area contributed by atoms with Gasteiger partial charge in [-0.1, -0.05) is 0 Å². The van der Waals surface area contributed by atoms with Crippen molar-refractivity contribution in [2.24, 2.45) is 7.05 Å². The second-order valence-corrected chi connectivity index (χ2v) is 2.66. The summed E-state index contributed by atoms with van der Waals surface area (Å²) in [6.45, 7) is 0. The van der Waals surface area contributed by atoms with Crippen molar-refractivity contribution in [3.8, 4) is 11.5 Å². The molecule has 0 fully saturated rings. The van der Waals surface area contributed by atoms with Gasteiger partial charge in [0, 0.05) is 7.05 Å². The third-order valence-electron chi connectivity index (χ3n) is 1.82. The van der Waals surface area contributed by atoms with Crippen LogP contribution in [0.25, 0.3) is 11.0 Å². The first kappa shape index (κ1) is 9.85. The Kier molecular flexibility index (Phi) is 2.47. The SMILES string of the molecule is Br.Cn1cnc2c(O)ccc(O)c21. The fourth-order valence-electron chi connectivity index (χ4n) is 1.24. The van der Waals surface area contributed by atoms with Gasteiger partial charge in [0.15, 0.2) is 0 Å². The number of benzene rings is 1. The van der Waals surface area contributed by atoms with Gasteiger partial charge in [-0.3, -0.25) is 0 Å². The van der Waals surface area contributed by atoms with E-state index in [-0.39, 0.29) is 28.5 Å². The lowest BCUT2D eigenvalue weighted by Gasteiger charge is -1.98. The van der Waals surface area contributed by atoms with E-state index in [2.05, 4.69) is 4.98 Å². The molecule has 2 N–H and O–H groups in total. The van der Waals surface area contributed by atoms with Crippen LogP contribution >= 0.6 is 17.0 Å². The Hall–Kier alpha value is -1.23. The molecule has 0 aliphatic rings. The summed E-state index contributed by atoms with van der Waals surface area (Å²) in [5.74, 6) is 0.214. The molecule has 0 radical (unpaired) electrons. The number of aromatic nitrogens is 2. The van der Waals surface area contributed by atoms with E-state index in [0.29, 0.717) is 11.0 Å². The van der Waals surface area contributed by atoms with Crippen molar-refractivity contribution in [2.45, 2.75) is 0 Å². The van der Waals surface area contributed by atoms with Gasteiger partial charge in [-0.15, -0.1) is 17.0 Å². The largest absolute Gasteiger partial charge is 0.506 e. The number of nitrogens with zero attached hydrogens (tertiary/aromatic N) is 2. The first-order valence-corrected chi connectivity index (χ1v) is 3.52. The van der Waals surface area contributed by atoms with Crippen LogP contribution in [0.1, 0.15) is 0 Å². The molecule has 1 aromatic carbocycles.